The van der Waals surface area contributed by atoms with Gasteiger partial charge < -0.3 is 26.4 Å². The Balaban J connectivity index is 5.43. The lowest BCUT2D eigenvalue weighted by molar-refractivity contribution is -0.145. The van der Waals surface area contributed by atoms with Crippen LogP contribution in [-0.4, -0.2) is 64.9 Å². The Morgan fingerprint density at radius 3 is 1.89 bits per heavy atom. The van der Waals surface area contributed by atoms with Crippen molar-refractivity contribution in [2.45, 2.75) is 78.6 Å². The van der Waals surface area contributed by atoms with Crippen molar-refractivity contribution in [3.8, 4) is 0 Å². The molecule has 5 N–H and O–H groups in total. The molecule has 0 aromatic heterocycles. The van der Waals surface area contributed by atoms with E-state index in [0.29, 0.717) is 12.8 Å². The SMILES string of the molecule is CCC[C@@H](C(=O)N[C@@H](C)C(=O)O)N(C)C(=O)[C@@H](NC(=O)[C@@H](N)C(C)C)C(C)C. The number of carboxylic acid groups (broad SMARTS) is 1. The predicted octanol–water partition coefficient (Wildman–Crippen LogP) is 0.327. The molecule has 0 fully saturated rings. The van der Waals surface area contributed by atoms with Crippen LogP contribution in [0.3, 0.4) is 0 Å². The molecule has 0 unspecified atom stereocenters. The van der Waals surface area contributed by atoms with Gasteiger partial charge in [0.1, 0.15) is 18.1 Å². The van der Waals surface area contributed by atoms with Crippen LogP contribution in [0.4, 0.5) is 0 Å². The van der Waals surface area contributed by atoms with Gasteiger partial charge in [-0.3, -0.25) is 19.2 Å². The highest BCUT2D eigenvalue weighted by molar-refractivity contribution is 5.94. The van der Waals surface area contributed by atoms with Gasteiger partial charge in [-0.05, 0) is 25.2 Å². The topological polar surface area (TPSA) is 142 Å². The highest BCUT2D eigenvalue weighted by Crippen LogP contribution is 2.13. The Bertz CT molecular complexity index is 565. The van der Waals surface area contributed by atoms with Crippen LogP contribution in [0.15, 0.2) is 0 Å². The van der Waals surface area contributed by atoms with Crippen molar-refractivity contribution in [1.82, 2.24) is 15.5 Å². The maximum Gasteiger partial charge on any atom is 0.325 e. The van der Waals surface area contributed by atoms with E-state index < -0.39 is 47.9 Å². The number of hydrogen-bond acceptors (Lipinski definition) is 5. The number of nitrogens with two attached hydrogens (primary N) is 1. The summed E-state index contributed by atoms with van der Waals surface area (Å²) >= 11 is 0. The van der Waals surface area contributed by atoms with Gasteiger partial charge in [-0.2, -0.15) is 0 Å². The van der Waals surface area contributed by atoms with Crippen LogP contribution in [0.25, 0.3) is 0 Å². The maximum atomic E-state index is 13.0. The van der Waals surface area contributed by atoms with Crippen molar-refractivity contribution >= 4 is 23.7 Å². The summed E-state index contributed by atoms with van der Waals surface area (Å²) in [5.74, 6) is -2.85. The smallest absolute Gasteiger partial charge is 0.325 e. The summed E-state index contributed by atoms with van der Waals surface area (Å²) in [6.45, 7) is 10.4. The number of aliphatic carboxylic acids is 1. The number of nitrogens with one attached hydrogen (secondary N) is 2. The van der Waals surface area contributed by atoms with E-state index in [4.69, 9.17) is 10.8 Å². The fourth-order valence-corrected chi connectivity index (χ4v) is 2.58. The van der Waals surface area contributed by atoms with Crippen LogP contribution in [0.1, 0.15) is 54.4 Å². The second kappa shape index (κ2) is 11.6. The molecule has 0 saturated carbocycles. The van der Waals surface area contributed by atoms with Gasteiger partial charge in [0.05, 0.1) is 6.04 Å². The summed E-state index contributed by atoms with van der Waals surface area (Å²) in [6.07, 6.45) is 0.985. The quantitative estimate of drug-likeness (QED) is 0.394. The lowest BCUT2D eigenvalue weighted by atomic mass is 9.99. The summed E-state index contributed by atoms with van der Waals surface area (Å²) in [7, 11) is 1.48. The fourth-order valence-electron chi connectivity index (χ4n) is 2.58. The van der Waals surface area contributed by atoms with Gasteiger partial charge in [-0.1, -0.05) is 41.0 Å². The minimum atomic E-state index is -1.16. The third kappa shape index (κ3) is 7.46. The van der Waals surface area contributed by atoms with E-state index in [1.165, 1.54) is 18.9 Å². The molecular weight excluding hydrogens is 364 g/mol. The van der Waals surface area contributed by atoms with Crippen molar-refractivity contribution in [1.29, 1.82) is 0 Å². The first-order valence-corrected chi connectivity index (χ1v) is 9.70. The molecule has 28 heavy (non-hydrogen) atoms. The van der Waals surface area contributed by atoms with Crippen LogP contribution in [0, 0.1) is 11.8 Å². The molecular formula is C19H36N4O5. The van der Waals surface area contributed by atoms with Crippen molar-refractivity contribution in [2.24, 2.45) is 17.6 Å². The summed E-state index contributed by atoms with van der Waals surface area (Å²) < 4.78 is 0. The average Bonchev–Trinajstić information content (AvgIpc) is 2.61. The van der Waals surface area contributed by atoms with Gasteiger partial charge in [0.15, 0.2) is 0 Å². The van der Waals surface area contributed by atoms with E-state index in [2.05, 4.69) is 10.6 Å². The molecule has 9 nitrogen and oxygen atoms in total. The molecule has 0 radical (unpaired) electrons. The maximum absolute atomic E-state index is 13.0. The molecule has 0 heterocycles. The highest BCUT2D eigenvalue weighted by Gasteiger charge is 2.34. The summed E-state index contributed by atoms with van der Waals surface area (Å²) in [6, 6.07) is -3.49. The molecule has 0 bridgehead atoms. The first kappa shape index (κ1) is 25.8. The van der Waals surface area contributed by atoms with E-state index in [9.17, 15) is 19.2 Å². The van der Waals surface area contributed by atoms with Crippen molar-refractivity contribution in [3.05, 3.63) is 0 Å². The highest BCUT2D eigenvalue weighted by atomic mass is 16.4. The third-order valence-corrected chi connectivity index (χ3v) is 4.66. The Labute approximate surface area is 167 Å². The fraction of sp³-hybridized carbons (Fsp3) is 0.789. The average molecular weight is 401 g/mol. The standard InChI is InChI=1S/C19H36N4O5/c1-8-9-13(16(24)21-12(6)19(27)28)23(7)18(26)15(11(4)5)22-17(25)14(20)10(2)3/h10-15H,8-9,20H2,1-7H3,(H,21,24)(H,22,25)(H,27,28)/t12-,13-,14-,15-/m0/s1. The van der Waals surface area contributed by atoms with Gasteiger partial charge >= 0.3 is 5.97 Å². The lowest BCUT2D eigenvalue weighted by Crippen LogP contribution is -2.59. The zero-order chi connectivity index (χ0) is 22.2. The van der Waals surface area contributed by atoms with E-state index in [1.54, 1.807) is 13.8 Å². The summed E-state index contributed by atoms with van der Waals surface area (Å²) in [5.41, 5.74) is 5.87. The van der Waals surface area contributed by atoms with E-state index in [-0.39, 0.29) is 11.8 Å². The third-order valence-electron chi connectivity index (χ3n) is 4.66. The van der Waals surface area contributed by atoms with Gasteiger partial charge in [-0.25, -0.2) is 0 Å². The summed E-state index contributed by atoms with van der Waals surface area (Å²) in [4.78, 5) is 50.2. The van der Waals surface area contributed by atoms with E-state index >= 15 is 0 Å². The lowest BCUT2D eigenvalue weighted by Gasteiger charge is -2.33. The first-order valence-electron chi connectivity index (χ1n) is 9.70. The van der Waals surface area contributed by atoms with Crippen molar-refractivity contribution < 1.29 is 24.3 Å². The van der Waals surface area contributed by atoms with Gasteiger partial charge in [0.25, 0.3) is 0 Å². The van der Waals surface area contributed by atoms with Crippen molar-refractivity contribution in [3.63, 3.8) is 0 Å². The molecule has 0 aliphatic heterocycles. The largest absolute Gasteiger partial charge is 0.480 e. The number of amides is 3. The van der Waals surface area contributed by atoms with Gasteiger partial charge in [-0.15, -0.1) is 0 Å². The van der Waals surface area contributed by atoms with Gasteiger partial charge in [0.2, 0.25) is 17.7 Å². The van der Waals surface area contributed by atoms with Crippen LogP contribution in [-0.2, 0) is 19.2 Å². The monoisotopic (exact) mass is 400 g/mol. The van der Waals surface area contributed by atoms with Gasteiger partial charge in [0, 0.05) is 7.05 Å². The number of rotatable bonds is 11. The molecule has 0 aromatic carbocycles. The first-order chi connectivity index (χ1) is 12.8. The Morgan fingerprint density at radius 1 is 0.964 bits per heavy atom. The molecule has 162 valence electrons. The molecule has 0 aliphatic rings. The molecule has 0 aromatic rings. The van der Waals surface area contributed by atoms with Crippen LogP contribution >= 0.6 is 0 Å². The second-order valence-corrected chi connectivity index (χ2v) is 7.82. The van der Waals surface area contributed by atoms with E-state index in [1.807, 2.05) is 20.8 Å². The molecule has 0 saturated heterocycles. The molecule has 3 amide bonds. The minimum Gasteiger partial charge on any atom is -0.480 e. The summed E-state index contributed by atoms with van der Waals surface area (Å²) in [5, 5.41) is 14.1. The number of carboxylic acids is 1. The zero-order valence-electron chi connectivity index (χ0n) is 18.0. The number of hydrogen-bond donors (Lipinski definition) is 4. The predicted molar refractivity (Wildman–Crippen MR) is 106 cm³/mol. The minimum absolute atomic E-state index is 0.0863. The number of nitrogens with zero attached hydrogens (tertiary/aromatic N) is 1. The van der Waals surface area contributed by atoms with Crippen LogP contribution < -0.4 is 16.4 Å². The Kier molecular flexibility index (Phi) is 10.7. The molecule has 0 rings (SSSR count). The Morgan fingerprint density at radius 2 is 1.50 bits per heavy atom. The Hall–Kier alpha value is -2.16. The molecule has 9 heteroatoms. The number of carbonyl (C=O) groups is 4. The van der Waals surface area contributed by atoms with Crippen LogP contribution in [0.5, 0.6) is 0 Å². The zero-order valence-corrected chi connectivity index (χ0v) is 18.0. The van der Waals surface area contributed by atoms with Crippen molar-refractivity contribution in [2.75, 3.05) is 7.05 Å². The molecule has 4 atom stereocenters. The second-order valence-electron chi connectivity index (χ2n) is 7.82. The van der Waals surface area contributed by atoms with E-state index in [0.717, 1.165) is 0 Å². The molecule has 0 aliphatic carbocycles. The normalized spacial score (nSPS) is 15.5. The number of carbonyl (C=O) groups excluding carboxylic acids is 3. The van der Waals surface area contributed by atoms with Crippen LogP contribution in [0.2, 0.25) is 0 Å². The number of likely N-dealkylation sites (N-methyl/N-ethyl adjacent to an activating group) is 1. The molecule has 0 spiro atoms.